The maximum Gasteiger partial charge on any atom is 0.243 e. The number of thiazole rings is 1. The van der Waals surface area contributed by atoms with E-state index in [1.54, 1.807) is 0 Å². The lowest BCUT2D eigenvalue weighted by atomic mass is 10.2. The van der Waals surface area contributed by atoms with E-state index in [2.05, 4.69) is 10.3 Å². The van der Waals surface area contributed by atoms with Gasteiger partial charge in [0.25, 0.3) is 0 Å². The molecule has 0 spiro atoms. The van der Waals surface area contributed by atoms with E-state index in [-0.39, 0.29) is 28.9 Å². The Hall–Kier alpha value is -1.55. The van der Waals surface area contributed by atoms with Crippen LogP contribution in [0.2, 0.25) is 5.02 Å². The number of carbonyl (C=O) groups excluding carboxylic acids is 1. The molecule has 0 radical (unpaired) electrons. The van der Waals surface area contributed by atoms with Gasteiger partial charge >= 0.3 is 0 Å². The summed E-state index contributed by atoms with van der Waals surface area (Å²) in [5, 5.41) is 2.82. The molecule has 0 unspecified atom stereocenters. The number of benzene rings is 1. The molecule has 1 aromatic carbocycles. The standard InChI is InChI=1S/C14H13ClFN3O3S2/c1-8(20)17-14-18-12-4-5-19(7-13(12)23-14)24(21,22)9-2-3-11(16)10(15)6-9/h2-3,6H,4-5,7H2,1H3,(H,17,18,20). The van der Waals surface area contributed by atoms with Crippen molar-refractivity contribution in [1.82, 2.24) is 9.29 Å². The maximum atomic E-state index is 13.3. The molecule has 1 aliphatic heterocycles. The number of fused-ring (bicyclic) bond motifs is 1. The van der Waals surface area contributed by atoms with Crippen LogP contribution in [0.15, 0.2) is 23.1 Å². The number of nitrogens with zero attached hydrogens (tertiary/aromatic N) is 2. The molecule has 24 heavy (non-hydrogen) atoms. The third-order valence-corrected chi connectivity index (χ3v) is 6.64. The summed E-state index contributed by atoms with van der Waals surface area (Å²) in [4.78, 5) is 16.1. The van der Waals surface area contributed by atoms with Gasteiger partial charge in [0, 0.05) is 24.8 Å². The number of hydrogen-bond acceptors (Lipinski definition) is 5. The molecule has 1 amide bonds. The lowest BCUT2D eigenvalue weighted by Crippen LogP contribution is -2.35. The van der Waals surface area contributed by atoms with Crippen molar-refractivity contribution in [3.8, 4) is 0 Å². The first kappa shape index (κ1) is 17.3. The lowest BCUT2D eigenvalue weighted by molar-refractivity contribution is -0.114. The van der Waals surface area contributed by atoms with E-state index in [1.807, 2.05) is 0 Å². The monoisotopic (exact) mass is 389 g/mol. The molecule has 0 bridgehead atoms. The molecule has 0 atom stereocenters. The van der Waals surface area contributed by atoms with Gasteiger partial charge in [0.1, 0.15) is 5.82 Å². The zero-order valence-electron chi connectivity index (χ0n) is 12.5. The fourth-order valence-electron chi connectivity index (χ4n) is 2.37. The van der Waals surface area contributed by atoms with Gasteiger partial charge in [-0.25, -0.2) is 17.8 Å². The second-order valence-electron chi connectivity index (χ2n) is 5.23. The summed E-state index contributed by atoms with van der Waals surface area (Å²) < 4.78 is 40.0. The third kappa shape index (κ3) is 3.30. The molecule has 0 saturated carbocycles. The number of halogens is 2. The first-order valence-corrected chi connectivity index (χ1v) is 9.62. The third-order valence-electron chi connectivity index (χ3n) is 3.51. The number of rotatable bonds is 3. The highest BCUT2D eigenvalue weighted by molar-refractivity contribution is 7.89. The van der Waals surface area contributed by atoms with Gasteiger partial charge in [0.15, 0.2) is 5.13 Å². The van der Waals surface area contributed by atoms with E-state index >= 15 is 0 Å². The van der Waals surface area contributed by atoms with Gasteiger partial charge in [-0.2, -0.15) is 4.31 Å². The molecular formula is C14H13ClFN3O3S2. The van der Waals surface area contributed by atoms with Gasteiger partial charge in [-0.1, -0.05) is 11.6 Å². The molecular weight excluding hydrogens is 377 g/mol. The van der Waals surface area contributed by atoms with Gasteiger partial charge in [-0.05, 0) is 18.2 Å². The van der Waals surface area contributed by atoms with Crippen LogP contribution in [0.4, 0.5) is 9.52 Å². The van der Waals surface area contributed by atoms with Crippen LogP contribution in [0.5, 0.6) is 0 Å². The van der Waals surface area contributed by atoms with Crippen molar-refractivity contribution in [2.45, 2.75) is 24.8 Å². The topological polar surface area (TPSA) is 79.4 Å². The highest BCUT2D eigenvalue weighted by Crippen LogP contribution is 2.31. The lowest BCUT2D eigenvalue weighted by Gasteiger charge is -2.25. The van der Waals surface area contributed by atoms with E-state index in [0.29, 0.717) is 11.6 Å². The Morgan fingerprint density at radius 2 is 2.21 bits per heavy atom. The molecule has 2 aromatic rings. The number of carbonyl (C=O) groups is 1. The highest BCUT2D eigenvalue weighted by atomic mass is 35.5. The maximum absolute atomic E-state index is 13.3. The molecule has 1 aliphatic rings. The predicted molar refractivity (Wildman–Crippen MR) is 89.1 cm³/mol. The molecule has 1 aromatic heterocycles. The summed E-state index contributed by atoms with van der Waals surface area (Å²) in [6, 6.07) is 3.34. The summed E-state index contributed by atoms with van der Waals surface area (Å²) in [5.74, 6) is -0.898. The van der Waals surface area contributed by atoms with Gasteiger partial charge < -0.3 is 5.32 Å². The van der Waals surface area contributed by atoms with Crippen LogP contribution in [0, 0.1) is 5.82 Å². The van der Waals surface area contributed by atoms with Crippen LogP contribution in [-0.2, 0) is 27.8 Å². The Labute approximate surface area is 147 Å². The zero-order valence-corrected chi connectivity index (χ0v) is 14.9. The molecule has 3 rings (SSSR count). The largest absolute Gasteiger partial charge is 0.302 e. The SMILES string of the molecule is CC(=O)Nc1nc2c(s1)CN(S(=O)(=O)c1ccc(F)c(Cl)c1)CC2. The number of anilines is 1. The Kier molecular flexibility index (Phi) is 4.60. The zero-order chi connectivity index (χ0) is 17.5. The number of sulfonamides is 1. The van der Waals surface area contributed by atoms with E-state index < -0.39 is 15.8 Å². The normalized spacial score (nSPS) is 15.1. The van der Waals surface area contributed by atoms with Gasteiger partial charge in [-0.15, -0.1) is 11.3 Å². The second kappa shape index (κ2) is 6.40. The molecule has 10 heteroatoms. The average Bonchev–Trinajstić information content (AvgIpc) is 2.90. The smallest absolute Gasteiger partial charge is 0.243 e. The van der Waals surface area contributed by atoms with Crippen molar-refractivity contribution in [3.05, 3.63) is 39.6 Å². The number of nitrogens with one attached hydrogen (secondary N) is 1. The van der Waals surface area contributed by atoms with Crippen molar-refractivity contribution in [3.63, 3.8) is 0 Å². The Morgan fingerprint density at radius 1 is 1.46 bits per heavy atom. The number of hydrogen-bond donors (Lipinski definition) is 1. The molecule has 2 heterocycles. The van der Waals surface area contributed by atoms with E-state index in [0.717, 1.165) is 22.7 Å². The fraction of sp³-hybridized carbons (Fsp3) is 0.286. The minimum atomic E-state index is -3.78. The summed E-state index contributed by atoms with van der Waals surface area (Å²) in [5.41, 5.74) is 0.785. The number of amides is 1. The number of aromatic nitrogens is 1. The van der Waals surface area contributed by atoms with Crippen LogP contribution >= 0.6 is 22.9 Å². The predicted octanol–water partition coefficient (Wildman–Crippen LogP) is 2.64. The Morgan fingerprint density at radius 3 is 2.88 bits per heavy atom. The first-order valence-electron chi connectivity index (χ1n) is 6.99. The molecule has 1 N–H and O–H groups in total. The summed E-state index contributed by atoms with van der Waals surface area (Å²) in [6.45, 7) is 1.80. The fourth-order valence-corrected chi connectivity index (χ4v) is 5.20. The summed E-state index contributed by atoms with van der Waals surface area (Å²) in [7, 11) is -3.78. The van der Waals surface area contributed by atoms with Crippen molar-refractivity contribution in [2.75, 3.05) is 11.9 Å². The van der Waals surface area contributed by atoms with E-state index in [1.165, 1.54) is 28.6 Å². The highest BCUT2D eigenvalue weighted by Gasteiger charge is 2.31. The quantitative estimate of drug-likeness (QED) is 0.875. The molecule has 0 aliphatic carbocycles. The van der Waals surface area contributed by atoms with Crippen LogP contribution in [0.1, 0.15) is 17.5 Å². The van der Waals surface area contributed by atoms with Gasteiger partial charge in [0.2, 0.25) is 15.9 Å². The Bertz CT molecular complexity index is 914. The van der Waals surface area contributed by atoms with Crippen LogP contribution in [-0.4, -0.2) is 30.2 Å². The molecule has 0 fully saturated rings. The van der Waals surface area contributed by atoms with Crippen molar-refractivity contribution < 1.29 is 17.6 Å². The van der Waals surface area contributed by atoms with Crippen LogP contribution < -0.4 is 5.32 Å². The minimum absolute atomic E-state index is 0.0519. The van der Waals surface area contributed by atoms with Gasteiger partial charge in [0.05, 0.1) is 22.2 Å². The van der Waals surface area contributed by atoms with Crippen molar-refractivity contribution in [1.29, 1.82) is 0 Å². The van der Waals surface area contributed by atoms with Crippen LogP contribution in [0.25, 0.3) is 0 Å². The Balaban J connectivity index is 1.87. The second-order valence-corrected chi connectivity index (χ2v) is 8.66. The van der Waals surface area contributed by atoms with E-state index in [9.17, 15) is 17.6 Å². The van der Waals surface area contributed by atoms with E-state index in [4.69, 9.17) is 11.6 Å². The van der Waals surface area contributed by atoms with Crippen LogP contribution in [0.3, 0.4) is 0 Å². The molecule has 0 saturated heterocycles. The molecule has 6 nitrogen and oxygen atoms in total. The van der Waals surface area contributed by atoms with Crippen molar-refractivity contribution >= 4 is 44.0 Å². The van der Waals surface area contributed by atoms with Gasteiger partial charge in [-0.3, -0.25) is 4.79 Å². The average molecular weight is 390 g/mol. The summed E-state index contributed by atoms with van der Waals surface area (Å²) in [6.07, 6.45) is 0.444. The molecule has 128 valence electrons. The van der Waals surface area contributed by atoms with Crippen molar-refractivity contribution in [2.24, 2.45) is 0 Å². The summed E-state index contributed by atoms with van der Waals surface area (Å²) >= 11 is 6.93. The first-order chi connectivity index (χ1) is 11.3. The minimum Gasteiger partial charge on any atom is -0.302 e.